The summed E-state index contributed by atoms with van der Waals surface area (Å²) >= 11 is 1.97. The first-order valence-electron chi connectivity index (χ1n) is 7.89. The zero-order valence-corrected chi connectivity index (χ0v) is 14.7. The first-order valence-corrected chi connectivity index (χ1v) is 8.83. The van der Waals surface area contributed by atoms with Crippen molar-refractivity contribution in [2.45, 2.75) is 82.9 Å². The monoisotopic (exact) mass is 301 g/mol. The summed E-state index contributed by atoms with van der Waals surface area (Å²) in [5, 5.41) is 4.54. The fourth-order valence-electron chi connectivity index (χ4n) is 2.32. The van der Waals surface area contributed by atoms with Crippen LogP contribution in [0.1, 0.15) is 60.8 Å². The van der Waals surface area contributed by atoms with E-state index in [0.29, 0.717) is 29.1 Å². The van der Waals surface area contributed by atoms with Crippen LogP contribution in [-0.4, -0.2) is 34.7 Å². The lowest BCUT2D eigenvalue weighted by atomic mass is 9.95. The molecule has 3 nitrogen and oxygen atoms in total. The topological polar surface area (TPSA) is 38.3 Å². The minimum absolute atomic E-state index is 0.100. The third-order valence-corrected chi connectivity index (χ3v) is 5.51. The van der Waals surface area contributed by atoms with Gasteiger partial charge in [-0.05, 0) is 39.0 Å². The summed E-state index contributed by atoms with van der Waals surface area (Å²) in [6.45, 7) is 13.3. The Morgan fingerprint density at radius 3 is 2.40 bits per heavy atom. The Hall–Kier alpha value is -0.220. The molecule has 0 aliphatic heterocycles. The van der Waals surface area contributed by atoms with E-state index in [1.807, 2.05) is 25.6 Å². The number of ether oxygens (including phenoxy) is 1. The number of carbonyl (C=O) groups excluding carboxylic acids is 1. The van der Waals surface area contributed by atoms with Crippen molar-refractivity contribution < 1.29 is 9.53 Å². The number of carbonyl (C=O) groups is 1. The maximum absolute atomic E-state index is 12.3. The van der Waals surface area contributed by atoms with Crippen LogP contribution in [0.5, 0.6) is 0 Å². The van der Waals surface area contributed by atoms with Gasteiger partial charge in [-0.25, -0.2) is 0 Å². The third-order valence-electron chi connectivity index (χ3n) is 3.91. The van der Waals surface area contributed by atoms with Gasteiger partial charge in [0.05, 0.1) is 6.61 Å². The molecular weight excluding hydrogens is 270 g/mol. The van der Waals surface area contributed by atoms with Crippen LogP contribution in [0, 0.1) is 5.92 Å². The van der Waals surface area contributed by atoms with Gasteiger partial charge in [0, 0.05) is 16.5 Å². The SMILES string of the molecule is CCOC(=O)C(C)(CC(C)SC(C)C(C)C)NC1CC1. The highest BCUT2D eigenvalue weighted by atomic mass is 32.2. The fourth-order valence-corrected chi connectivity index (χ4v) is 3.79. The van der Waals surface area contributed by atoms with E-state index >= 15 is 0 Å². The summed E-state index contributed by atoms with van der Waals surface area (Å²) in [5.41, 5.74) is -0.541. The second kappa shape index (κ2) is 7.69. The lowest BCUT2D eigenvalue weighted by Crippen LogP contribution is -2.53. The number of hydrogen-bond donors (Lipinski definition) is 1. The largest absolute Gasteiger partial charge is 0.465 e. The highest BCUT2D eigenvalue weighted by Gasteiger charge is 2.40. The molecule has 3 atom stereocenters. The van der Waals surface area contributed by atoms with Gasteiger partial charge < -0.3 is 4.74 Å². The summed E-state index contributed by atoms with van der Waals surface area (Å²) < 4.78 is 5.28. The highest BCUT2D eigenvalue weighted by Crippen LogP contribution is 2.31. The molecule has 0 amide bonds. The Kier molecular flexibility index (Phi) is 6.86. The number of thioether (sulfide) groups is 1. The Morgan fingerprint density at radius 1 is 1.35 bits per heavy atom. The predicted molar refractivity (Wildman–Crippen MR) is 87.2 cm³/mol. The Balaban J connectivity index is 2.60. The molecule has 1 N–H and O–H groups in total. The minimum Gasteiger partial charge on any atom is -0.465 e. The average molecular weight is 301 g/mol. The van der Waals surface area contributed by atoms with Gasteiger partial charge >= 0.3 is 5.97 Å². The van der Waals surface area contributed by atoms with Crippen LogP contribution in [0.4, 0.5) is 0 Å². The molecule has 0 spiro atoms. The van der Waals surface area contributed by atoms with Gasteiger partial charge in [-0.15, -0.1) is 0 Å². The number of hydrogen-bond acceptors (Lipinski definition) is 4. The molecule has 1 aliphatic carbocycles. The van der Waals surface area contributed by atoms with Crippen molar-refractivity contribution in [1.29, 1.82) is 0 Å². The smallest absolute Gasteiger partial charge is 0.326 e. The van der Waals surface area contributed by atoms with Crippen LogP contribution in [0.2, 0.25) is 0 Å². The maximum Gasteiger partial charge on any atom is 0.326 e. The van der Waals surface area contributed by atoms with Gasteiger partial charge in [0.1, 0.15) is 5.54 Å². The van der Waals surface area contributed by atoms with Crippen LogP contribution in [0.25, 0.3) is 0 Å². The lowest BCUT2D eigenvalue weighted by Gasteiger charge is -2.32. The quantitative estimate of drug-likeness (QED) is 0.660. The Morgan fingerprint density at radius 2 is 1.95 bits per heavy atom. The standard InChI is InChI=1S/C16H31NO2S/c1-7-19-15(18)16(6,17-14-8-9-14)10-12(4)20-13(5)11(2)3/h11-14,17H,7-10H2,1-6H3. The second-order valence-electron chi connectivity index (χ2n) is 6.57. The summed E-state index contributed by atoms with van der Waals surface area (Å²) in [5.74, 6) is 0.559. The fraction of sp³-hybridized carbons (Fsp3) is 0.938. The number of nitrogens with one attached hydrogen (secondary N) is 1. The number of rotatable bonds is 9. The van der Waals surface area contributed by atoms with E-state index in [0.717, 1.165) is 6.42 Å². The molecule has 1 saturated carbocycles. The zero-order valence-electron chi connectivity index (χ0n) is 13.9. The van der Waals surface area contributed by atoms with Crippen molar-refractivity contribution in [2.24, 2.45) is 5.92 Å². The van der Waals surface area contributed by atoms with Gasteiger partial charge in [-0.2, -0.15) is 11.8 Å². The molecule has 0 radical (unpaired) electrons. The van der Waals surface area contributed by atoms with Crippen LogP contribution < -0.4 is 5.32 Å². The third kappa shape index (κ3) is 5.65. The highest BCUT2D eigenvalue weighted by molar-refractivity contribution is 8.00. The van der Waals surface area contributed by atoms with E-state index in [1.165, 1.54) is 12.8 Å². The van der Waals surface area contributed by atoms with Crippen LogP contribution >= 0.6 is 11.8 Å². The van der Waals surface area contributed by atoms with Crippen molar-refractivity contribution in [3.63, 3.8) is 0 Å². The van der Waals surface area contributed by atoms with Gasteiger partial charge in [0.2, 0.25) is 0 Å². The molecule has 0 heterocycles. The van der Waals surface area contributed by atoms with Gasteiger partial charge in [-0.3, -0.25) is 10.1 Å². The minimum atomic E-state index is -0.541. The second-order valence-corrected chi connectivity index (χ2v) is 8.39. The molecule has 0 aromatic rings. The van der Waals surface area contributed by atoms with Crippen LogP contribution in [0.3, 0.4) is 0 Å². The molecule has 3 unspecified atom stereocenters. The molecule has 0 saturated heterocycles. The average Bonchev–Trinajstić information content (AvgIpc) is 3.12. The van der Waals surface area contributed by atoms with E-state index in [2.05, 4.69) is 33.0 Å². The van der Waals surface area contributed by atoms with E-state index in [-0.39, 0.29) is 5.97 Å². The van der Waals surface area contributed by atoms with Crippen molar-refractivity contribution >= 4 is 17.7 Å². The normalized spacial score (nSPS) is 21.4. The predicted octanol–water partition coefficient (Wildman–Crippen LogP) is 3.62. The zero-order chi connectivity index (χ0) is 15.3. The van der Waals surface area contributed by atoms with E-state index < -0.39 is 5.54 Å². The van der Waals surface area contributed by atoms with Gasteiger partial charge in [0.15, 0.2) is 0 Å². The molecule has 1 rings (SSSR count). The maximum atomic E-state index is 12.3. The van der Waals surface area contributed by atoms with E-state index in [9.17, 15) is 4.79 Å². The molecule has 0 bridgehead atoms. The van der Waals surface area contributed by atoms with Gasteiger partial charge in [-0.1, -0.05) is 27.7 Å². The van der Waals surface area contributed by atoms with Crippen molar-refractivity contribution in [2.75, 3.05) is 6.61 Å². The molecule has 118 valence electrons. The van der Waals surface area contributed by atoms with Gasteiger partial charge in [0.25, 0.3) is 0 Å². The summed E-state index contributed by atoms with van der Waals surface area (Å²) in [6, 6.07) is 0.504. The number of esters is 1. The molecule has 0 aromatic carbocycles. The molecule has 4 heteroatoms. The van der Waals surface area contributed by atoms with Crippen molar-refractivity contribution in [1.82, 2.24) is 5.32 Å². The van der Waals surface area contributed by atoms with E-state index in [1.54, 1.807) is 0 Å². The molecule has 1 aliphatic rings. The Bertz CT molecular complexity index is 318. The first-order chi connectivity index (χ1) is 9.28. The summed E-state index contributed by atoms with van der Waals surface area (Å²) in [4.78, 5) is 12.3. The summed E-state index contributed by atoms with van der Waals surface area (Å²) in [6.07, 6.45) is 3.18. The summed E-state index contributed by atoms with van der Waals surface area (Å²) in [7, 11) is 0. The molecular formula is C16H31NO2S. The first kappa shape index (κ1) is 17.8. The van der Waals surface area contributed by atoms with Crippen molar-refractivity contribution in [3.05, 3.63) is 0 Å². The Labute approximate surface area is 128 Å². The lowest BCUT2D eigenvalue weighted by molar-refractivity contribution is -0.150. The van der Waals surface area contributed by atoms with Crippen molar-refractivity contribution in [3.8, 4) is 0 Å². The van der Waals surface area contributed by atoms with E-state index in [4.69, 9.17) is 4.74 Å². The van der Waals surface area contributed by atoms with Crippen LogP contribution in [-0.2, 0) is 9.53 Å². The van der Waals surface area contributed by atoms with Crippen LogP contribution in [0.15, 0.2) is 0 Å². The molecule has 20 heavy (non-hydrogen) atoms. The molecule has 0 aromatic heterocycles. The molecule has 1 fully saturated rings.